The minimum atomic E-state index is 0.470. The Balaban J connectivity index is 1.88. The van der Waals surface area contributed by atoms with E-state index in [9.17, 15) is 0 Å². The number of ether oxygens (including phenoxy) is 1. The van der Waals surface area contributed by atoms with Crippen LogP contribution in [0.2, 0.25) is 0 Å². The molecule has 2 unspecified atom stereocenters. The van der Waals surface area contributed by atoms with Gasteiger partial charge in [-0.25, -0.2) is 0 Å². The molecular weight excluding hydrogens is 240 g/mol. The molecule has 1 aromatic carbocycles. The molecule has 74 valence electrons. The van der Waals surface area contributed by atoms with Gasteiger partial charge in [-0.1, -0.05) is 34.1 Å². The third-order valence-electron chi connectivity index (χ3n) is 3.58. The zero-order valence-electron chi connectivity index (χ0n) is 8.00. The van der Waals surface area contributed by atoms with Crippen molar-refractivity contribution >= 4 is 15.9 Å². The Morgan fingerprint density at radius 1 is 1.43 bits per heavy atom. The monoisotopic (exact) mass is 252 g/mol. The highest BCUT2D eigenvalue weighted by Crippen LogP contribution is 2.58. The van der Waals surface area contributed by atoms with Crippen molar-refractivity contribution in [3.8, 4) is 5.75 Å². The number of para-hydroxylation sites is 1. The summed E-state index contributed by atoms with van der Waals surface area (Å²) >= 11 is 3.57. The fraction of sp³-hybridized carbons (Fsp3) is 0.500. The minimum Gasteiger partial charge on any atom is -0.493 e. The van der Waals surface area contributed by atoms with Crippen LogP contribution in [0.1, 0.15) is 12.0 Å². The fourth-order valence-electron chi connectivity index (χ4n) is 2.49. The van der Waals surface area contributed by atoms with Crippen molar-refractivity contribution in [2.45, 2.75) is 12.8 Å². The molecule has 3 rings (SSSR count). The first-order valence-electron chi connectivity index (χ1n) is 5.11. The van der Waals surface area contributed by atoms with Gasteiger partial charge in [-0.3, -0.25) is 0 Å². The van der Waals surface area contributed by atoms with E-state index in [-0.39, 0.29) is 0 Å². The van der Waals surface area contributed by atoms with E-state index in [0.717, 1.165) is 23.6 Å². The standard InChI is InChI=1S/C12H13BrO/c13-7-10-6-12(10)5-9-3-1-2-4-11(9)14-8-12/h1-4,10H,5-8H2. The van der Waals surface area contributed by atoms with E-state index in [2.05, 4.69) is 34.1 Å². The summed E-state index contributed by atoms with van der Waals surface area (Å²) in [6, 6.07) is 8.42. The Morgan fingerprint density at radius 3 is 3.07 bits per heavy atom. The average molecular weight is 253 g/mol. The topological polar surface area (TPSA) is 9.23 Å². The molecule has 1 heterocycles. The number of benzene rings is 1. The predicted molar refractivity (Wildman–Crippen MR) is 60.0 cm³/mol. The SMILES string of the molecule is BrCC1CC12COc1ccccc1C2. The smallest absolute Gasteiger partial charge is 0.122 e. The molecule has 0 bridgehead atoms. The van der Waals surface area contributed by atoms with E-state index in [4.69, 9.17) is 4.74 Å². The Bertz CT molecular complexity index is 363. The van der Waals surface area contributed by atoms with E-state index in [0.29, 0.717) is 5.41 Å². The Kier molecular flexibility index (Phi) is 1.88. The molecule has 2 atom stereocenters. The summed E-state index contributed by atoms with van der Waals surface area (Å²) < 4.78 is 5.81. The lowest BCUT2D eigenvalue weighted by atomic mass is 9.92. The van der Waals surface area contributed by atoms with Crippen molar-refractivity contribution in [3.63, 3.8) is 0 Å². The maximum absolute atomic E-state index is 5.81. The molecule has 1 aromatic rings. The van der Waals surface area contributed by atoms with Crippen molar-refractivity contribution in [1.29, 1.82) is 0 Å². The summed E-state index contributed by atoms with van der Waals surface area (Å²) in [4.78, 5) is 0. The minimum absolute atomic E-state index is 0.470. The van der Waals surface area contributed by atoms with Gasteiger partial charge in [-0.05, 0) is 30.4 Å². The highest BCUT2D eigenvalue weighted by molar-refractivity contribution is 9.09. The molecular formula is C12H13BrO. The Morgan fingerprint density at radius 2 is 2.29 bits per heavy atom. The average Bonchev–Trinajstić information content (AvgIpc) is 2.91. The van der Waals surface area contributed by atoms with E-state index in [1.165, 1.54) is 18.4 Å². The second kappa shape index (κ2) is 2.99. The molecule has 0 radical (unpaired) electrons. The molecule has 0 saturated heterocycles. The van der Waals surface area contributed by atoms with Crippen LogP contribution < -0.4 is 4.74 Å². The van der Waals surface area contributed by atoms with Gasteiger partial charge in [0.25, 0.3) is 0 Å². The predicted octanol–water partition coefficient (Wildman–Crippen LogP) is 3.02. The fourth-order valence-corrected chi connectivity index (χ4v) is 3.40. The highest BCUT2D eigenvalue weighted by Gasteiger charge is 2.55. The van der Waals surface area contributed by atoms with E-state index < -0.39 is 0 Å². The van der Waals surface area contributed by atoms with Crippen LogP contribution >= 0.6 is 15.9 Å². The molecule has 1 aliphatic heterocycles. The molecule has 0 amide bonds. The van der Waals surface area contributed by atoms with Crippen LogP contribution in [-0.4, -0.2) is 11.9 Å². The maximum atomic E-state index is 5.81. The van der Waals surface area contributed by atoms with Crippen LogP contribution in [0.4, 0.5) is 0 Å². The van der Waals surface area contributed by atoms with Gasteiger partial charge in [0.2, 0.25) is 0 Å². The molecule has 1 fully saturated rings. The molecule has 1 spiro atoms. The van der Waals surface area contributed by atoms with Crippen LogP contribution in [0, 0.1) is 11.3 Å². The van der Waals surface area contributed by atoms with E-state index >= 15 is 0 Å². The Hall–Kier alpha value is -0.500. The lowest BCUT2D eigenvalue weighted by Crippen LogP contribution is -2.24. The molecule has 1 aliphatic carbocycles. The van der Waals surface area contributed by atoms with Crippen molar-refractivity contribution in [2.24, 2.45) is 11.3 Å². The number of hydrogen-bond donors (Lipinski definition) is 0. The summed E-state index contributed by atoms with van der Waals surface area (Å²) in [6.45, 7) is 0.917. The summed E-state index contributed by atoms with van der Waals surface area (Å²) in [5.74, 6) is 1.93. The summed E-state index contributed by atoms with van der Waals surface area (Å²) in [7, 11) is 0. The second-order valence-corrected chi connectivity index (χ2v) is 5.14. The molecule has 1 saturated carbocycles. The van der Waals surface area contributed by atoms with Crippen molar-refractivity contribution < 1.29 is 4.74 Å². The summed E-state index contributed by atoms with van der Waals surface area (Å²) in [5, 5.41) is 1.12. The van der Waals surface area contributed by atoms with Crippen LogP contribution in [0.5, 0.6) is 5.75 Å². The van der Waals surface area contributed by atoms with Crippen LogP contribution in [0.15, 0.2) is 24.3 Å². The molecule has 0 aromatic heterocycles. The van der Waals surface area contributed by atoms with Gasteiger partial charge in [0.15, 0.2) is 0 Å². The highest BCUT2D eigenvalue weighted by atomic mass is 79.9. The van der Waals surface area contributed by atoms with Gasteiger partial charge < -0.3 is 4.74 Å². The van der Waals surface area contributed by atoms with Crippen molar-refractivity contribution in [1.82, 2.24) is 0 Å². The Labute approximate surface area is 92.6 Å². The lowest BCUT2D eigenvalue weighted by Gasteiger charge is -2.25. The van der Waals surface area contributed by atoms with Gasteiger partial charge >= 0.3 is 0 Å². The number of alkyl halides is 1. The van der Waals surface area contributed by atoms with Crippen LogP contribution in [-0.2, 0) is 6.42 Å². The third-order valence-corrected chi connectivity index (χ3v) is 4.36. The zero-order valence-corrected chi connectivity index (χ0v) is 9.59. The van der Waals surface area contributed by atoms with Crippen LogP contribution in [0.25, 0.3) is 0 Å². The summed E-state index contributed by atoms with van der Waals surface area (Å²) in [6.07, 6.45) is 2.53. The van der Waals surface area contributed by atoms with Crippen LogP contribution in [0.3, 0.4) is 0 Å². The first-order valence-corrected chi connectivity index (χ1v) is 6.23. The third kappa shape index (κ3) is 1.20. The number of rotatable bonds is 1. The molecule has 14 heavy (non-hydrogen) atoms. The molecule has 1 nitrogen and oxygen atoms in total. The molecule has 2 aliphatic rings. The van der Waals surface area contributed by atoms with Gasteiger partial charge in [0.1, 0.15) is 5.75 Å². The van der Waals surface area contributed by atoms with E-state index in [1.807, 2.05) is 6.07 Å². The normalized spacial score (nSPS) is 33.6. The number of fused-ring (bicyclic) bond motifs is 1. The number of halogens is 1. The molecule has 2 heteroatoms. The van der Waals surface area contributed by atoms with Gasteiger partial charge in [-0.2, -0.15) is 0 Å². The number of hydrogen-bond acceptors (Lipinski definition) is 1. The van der Waals surface area contributed by atoms with Gasteiger partial charge in [0.05, 0.1) is 6.61 Å². The zero-order chi connectivity index (χ0) is 9.60. The maximum Gasteiger partial charge on any atom is 0.122 e. The quantitative estimate of drug-likeness (QED) is 0.699. The van der Waals surface area contributed by atoms with Gasteiger partial charge in [-0.15, -0.1) is 0 Å². The molecule has 0 N–H and O–H groups in total. The van der Waals surface area contributed by atoms with Crippen molar-refractivity contribution in [3.05, 3.63) is 29.8 Å². The first-order chi connectivity index (χ1) is 6.84. The van der Waals surface area contributed by atoms with E-state index in [1.54, 1.807) is 0 Å². The lowest BCUT2D eigenvalue weighted by molar-refractivity contribution is 0.196. The second-order valence-electron chi connectivity index (χ2n) is 4.49. The summed E-state index contributed by atoms with van der Waals surface area (Å²) in [5.41, 5.74) is 1.86. The largest absolute Gasteiger partial charge is 0.493 e. The van der Waals surface area contributed by atoms with Gasteiger partial charge in [0, 0.05) is 10.7 Å². The van der Waals surface area contributed by atoms with Crippen molar-refractivity contribution in [2.75, 3.05) is 11.9 Å². The first kappa shape index (κ1) is 8.78.